The van der Waals surface area contributed by atoms with Crippen LogP contribution in [-0.4, -0.2) is 15.5 Å². The van der Waals surface area contributed by atoms with Gasteiger partial charge in [0, 0.05) is 6.42 Å². The number of unbranched alkanes of at least 4 members (excludes halogenated alkanes) is 1. The third kappa shape index (κ3) is 3.27. The molecule has 68 valence electrons. The number of halogens is 2. The van der Waals surface area contributed by atoms with Gasteiger partial charge >= 0.3 is 13.3 Å². The molecule has 6 heteroatoms. The van der Waals surface area contributed by atoms with Crippen molar-refractivity contribution in [1.29, 1.82) is 0 Å². The Morgan fingerprint density at radius 2 is 1.91 bits per heavy atom. The van der Waals surface area contributed by atoms with E-state index in [-0.39, 0.29) is 6.42 Å². The van der Waals surface area contributed by atoms with E-state index in [1.165, 1.54) is 0 Å². The molecule has 0 heterocycles. The highest BCUT2D eigenvalue weighted by atomic mass is 31.2. The van der Waals surface area contributed by atoms with E-state index >= 15 is 0 Å². The zero-order chi connectivity index (χ0) is 9.12. The highest BCUT2D eigenvalue weighted by Crippen LogP contribution is 2.55. The molecule has 3 nitrogen and oxygen atoms in total. The molecule has 0 atom stereocenters. The SMILES string of the molecule is CCCCC(F)(F)P(=O)(O)O. The first-order chi connectivity index (χ1) is 4.81. The van der Waals surface area contributed by atoms with Crippen molar-refractivity contribution in [2.24, 2.45) is 0 Å². The van der Waals surface area contributed by atoms with Gasteiger partial charge in [-0.1, -0.05) is 13.3 Å². The molecule has 0 spiro atoms. The van der Waals surface area contributed by atoms with Crippen LogP contribution in [0.2, 0.25) is 0 Å². The summed E-state index contributed by atoms with van der Waals surface area (Å²) in [5.74, 6) is 0. The molecule has 2 N–H and O–H groups in total. The van der Waals surface area contributed by atoms with Crippen LogP contribution in [0.25, 0.3) is 0 Å². The summed E-state index contributed by atoms with van der Waals surface area (Å²) in [6, 6.07) is 0. The predicted molar refractivity (Wildman–Crippen MR) is 36.5 cm³/mol. The number of hydrogen-bond acceptors (Lipinski definition) is 1. The van der Waals surface area contributed by atoms with E-state index in [1.54, 1.807) is 6.92 Å². The molecule has 0 aliphatic heterocycles. The molecule has 0 saturated heterocycles. The molecule has 0 aromatic carbocycles. The Bertz CT molecular complexity index is 165. The maximum atomic E-state index is 12.4. The number of hydrogen-bond donors (Lipinski definition) is 2. The van der Waals surface area contributed by atoms with Gasteiger partial charge in [-0.25, -0.2) is 0 Å². The van der Waals surface area contributed by atoms with E-state index in [0.29, 0.717) is 6.42 Å². The van der Waals surface area contributed by atoms with Crippen molar-refractivity contribution in [3.05, 3.63) is 0 Å². The van der Waals surface area contributed by atoms with Crippen LogP contribution in [0.3, 0.4) is 0 Å². The van der Waals surface area contributed by atoms with Gasteiger partial charge in [-0.2, -0.15) is 8.78 Å². The lowest BCUT2D eigenvalue weighted by atomic mass is 10.3. The molecule has 0 aromatic heterocycles. The lowest BCUT2D eigenvalue weighted by Crippen LogP contribution is -2.15. The molecule has 0 saturated carbocycles. The van der Waals surface area contributed by atoms with E-state index in [2.05, 4.69) is 0 Å². The maximum absolute atomic E-state index is 12.4. The van der Waals surface area contributed by atoms with E-state index in [4.69, 9.17) is 9.79 Å². The van der Waals surface area contributed by atoms with Crippen molar-refractivity contribution in [3.8, 4) is 0 Å². The van der Waals surface area contributed by atoms with Crippen molar-refractivity contribution < 1.29 is 23.1 Å². The van der Waals surface area contributed by atoms with Crippen molar-refractivity contribution in [1.82, 2.24) is 0 Å². The monoisotopic (exact) mass is 188 g/mol. The van der Waals surface area contributed by atoms with Crippen LogP contribution in [0.15, 0.2) is 0 Å². The second-order valence-electron chi connectivity index (χ2n) is 2.31. The fourth-order valence-corrected chi connectivity index (χ4v) is 0.985. The molecule has 0 bridgehead atoms. The van der Waals surface area contributed by atoms with E-state index in [1.807, 2.05) is 0 Å². The third-order valence-corrected chi connectivity index (χ3v) is 2.33. The van der Waals surface area contributed by atoms with Gasteiger partial charge in [0.15, 0.2) is 0 Å². The fourth-order valence-electron chi connectivity index (χ4n) is 0.535. The molecular weight excluding hydrogens is 177 g/mol. The lowest BCUT2D eigenvalue weighted by molar-refractivity contribution is 0.0482. The van der Waals surface area contributed by atoms with Gasteiger partial charge in [0.05, 0.1) is 0 Å². The molecule has 0 fully saturated rings. The summed E-state index contributed by atoms with van der Waals surface area (Å²) >= 11 is 0. The normalized spacial score (nSPS) is 13.5. The molecule has 0 aliphatic rings. The highest BCUT2D eigenvalue weighted by Gasteiger charge is 2.47. The Kier molecular flexibility index (Phi) is 3.61. The summed E-state index contributed by atoms with van der Waals surface area (Å²) < 4.78 is 34.8. The zero-order valence-corrected chi connectivity index (χ0v) is 7.02. The van der Waals surface area contributed by atoms with E-state index in [9.17, 15) is 13.3 Å². The van der Waals surface area contributed by atoms with Crippen LogP contribution in [0.1, 0.15) is 26.2 Å². The topological polar surface area (TPSA) is 57.5 Å². The van der Waals surface area contributed by atoms with Crippen LogP contribution in [0, 0.1) is 0 Å². The summed E-state index contributed by atoms with van der Waals surface area (Å²) in [6.07, 6.45) is -0.124. The summed E-state index contributed by atoms with van der Waals surface area (Å²) in [7, 11) is -5.23. The first-order valence-electron chi connectivity index (χ1n) is 3.24. The Labute approximate surface area is 63.6 Å². The van der Waals surface area contributed by atoms with Gasteiger partial charge in [0.2, 0.25) is 0 Å². The Balaban J connectivity index is 4.11. The Morgan fingerprint density at radius 1 is 1.45 bits per heavy atom. The molecule has 0 radical (unpaired) electrons. The average Bonchev–Trinajstić information content (AvgIpc) is 1.81. The van der Waals surface area contributed by atoms with E-state index in [0.717, 1.165) is 0 Å². The average molecular weight is 188 g/mol. The van der Waals surface area contributed by atoms with Gasteiger partial charge in [-0.05, 0) is 6.42 Å². The largest absolute Gasteiger partial charge is 0.394 e. The fraction of sp³-hybridized carbons (Fsp3) is 1.00. The van der Waals surface area contributed by atoms with Crippen molar-refractivity contribution in [2.45, 2.75) is 31.8 Å². The summed E-state index contributed by atoms with van der Waals surface area (Å²) in [6.45, 7) is 1.68. The second-order valence-corrected chi connectivity index (χ2v) is 4.06. The second kappa shape index (κ2) is 3.61. The summed E-state index contributed by atoms with van der Waals surface area (Å²) in [5, 5.41) is 0. The molecule has 11 heavy (non-hydrogen) atoms. The molecular formula is C5H11F2O3P. The lowest BCUT2D eigenvalue weighted by Gasteiger charge is -2.16. The summed E-state index contributed by atoms with van der Waals surface area (Å²) in [5.41, 5.74) is -3.84. The van der Waals surface area contributed by atoms with Gasteiger partial charge in [-0.15, -0.1) is 0 Å². The minimum absolute atomic E-state index is 0.123. The van der Waals surface area contributed by atoms with Crippen molar-refractivity contribution in [2.75, 3.05) is 0 Å². The van der Waals surface area contributed by atoms with Gasteiger partial charge < -0.3 is 9.79 Å². The van der Waals surface area contributed by atoms with Crippen molar-refractivity contribution >= 4 is 7.60 Å². The summed E-state index contributed by atoms with van der Waals surface area (Å²) in [4.78, 5) is 16.3. The number of alkyl halides is 2. The highest BCUT2D eigenvalue weighted by molar-refractivity contribution is 7.53. The minimum Gasteiger partial charge on any atom is -0.320 e. The minimum atomic E-state index is -5.23. The smallest absolute Gasteiger partial charge is 0.320 e. The third-order valence-electron chi connectivity index (χ3n) is 1.26. The van der Waals surface area contributed by atoms with Gasteiger partial charge in [0.1, 0.15) is 0 Å². The molecule has 0 amide bonds. The van der Waals surface area contributed by atoms with Crippen molar-refractivity contribution in [3.63, 3.8) is 0 Å². The molecule has 0 unspecified atom stereocenters. The predicted octanol–water partition coefficient (Wildman–Crippen LogP) is 1.95. The Morgan fingerprint density at radius 3 is 2.18 bits per heavy atom. The van der Waals surface area contributed by atoms with Crippen LogP contribution < -0.4 is 0 Å². The number of rotatable bonds is 4. The van der Waals surface area contributed by atoms with Crippen LogP contribution >= 0.6 is 7.60 Å². The Hall–Kier alpha value is 0.01000. The molecule has 0 aromatic rings. The van der Waals surface area contributed by atoms with Gasteiger partial charge in [-0.3, -0.25) is 4.57 Å². The van der Waals surface area contributed by atoms with Crippen LogP contribution in [0.5, 0.6) is 0 Å². The zero-order valence-electron chi connectivity index (χ0n) is 6.13. The first-order valence-corrected chi connectivity index (χ1v) is 4.86. The standard InChI is InChI=1S/C5H11F2O3P/c1-2-3-4-5(6,7)11(8,9)10/h2-4H2,1H3,(H2,8,9,10). The first kappa shape index (κ1) is 11.0. The van der Waals surface area contributed by atoms with Crippen LogP contribution in [-0.2, 0) is 4.57 Å². The maximum Gasteiger partial charge on any atom is 0.394 e. The van der Waals surface area contributed by atoms with E-state index < -0.39 is 19.7 Å². The molecule has 0 aliphatic carbocycles. The van der Waals surface area contributed by atoms with Gasteiger partial charge in [0.25, 0.3) is 0 Å². The molecule has 0 rings (SSSR count). The quantitative estimate of drug-likeness (QED) is 0.663. The van der Waals surface area contributed by atoms with Crippen LogP contribution in [0.4, 0.5) is 8.78 Å².